The summed E-state index contributed by atoms with van der Waals surface area (Å²) in [6.45, 7) is 2.84. The first kappa shape index (κ1) is 22.6. The van der Waals surface area contributed by atoms with Gasteiger partial charge in [0, 0.05) is 31.2 Å². The van der Waals surface area contributed by atoms with Crippen LogP contribution in [0.5, 0.6) is 0 Å². The highest BCUT2D eigenvalue weighted by Crippen LogP contribution is 2.27. The van der Waals surface area contributed by atoms with E-state index in [0.29, 0.717) is 24.1 Å². The van der Waals surface area contributed by atoms with Crippen LogP contribution in [0.4, 0.5) is 5.69 Å². The van der Waals surface area contributed by atoms with Gasteiger partial charge in [-0.25, -0.2) is 13.4 Å². The Morgan fingerprint density at radius 2 is 1.78 bits per heavy atom. The van der Waals surface area contributed by atoms with Crippen LogP contribution in [0, 0.1) is 5.92 Å². The number of pyridine rings is 1. The summed E-state index contributed by atoms with van der Waals surface area (Å²) in [5.41, 5.74) is 1.53. The molecule has 0 aliphatic heterocycles. The zero-order valence-corrected chi connectivity index (χ0v) is 19.4. The number of nitrogens with one attached hydrogen (secondary N) is 2. The lowest BCUT2D eigenvalue weighted by Crippen LogP contribution is -2.29. The van der Waals surface area contributed by atoms with Crippen molar-refractivity contribution < 1.29 is 8.42 Å². The van der Waals surface area contributed by atoms with Gasteiger partial charge < -0.3 is 9.88 Å². The lowest BCUT2D eigenvalue weighted by Gasteiger charge is -2.25. The smallest absolute Gasteiger partial charge is 0.263 e. The average molecular weight is 453 g/mol. The van der Waals surface area contributed by atoms with Gasteiger partial charge >= 0.3 is 0 Å². The second-order valence-corrected chi connectivity index (χ2v) is 10.4. The number of rotatable bonds is 9. The molecule has 2 heterocycles. The Labute approximate surface area is 191 Å². The standard InChI is InChI=1S/C25H32N4O2S/c1-20(17-21-9-3-2-4-10-21)26-18-22-11-5-6-12-24(22)28-32(30,31)23-13-14-25(27-19-23)29-15-7-8-16-29/h5-8,11-16,19-21,26,28H,2-4,9-10,17-18H2,1H3. The van der Waals surface area contributed by atoms with Crippen molar-refractivity contribution >= 4 is 15.7 Å². The lowest BCUT2D eigenvalue weighted by atomic mass is 9.85. The number of hydrogen-bond acceptors (Lipinski definition) is 4. The summed E-state index contributed by atoms with van der Waals surface area (Å²) in [5, 5.41) is 3.59. The summed E-state index contributed by atoms with van der Waals surface area (Å²) in [7, 11) is -3.73. The molecule has 6 nitrogen and oxygen atoms in total. The second kappa shape index (κ2) is 10.3. The Balaban J connectivity index is 1.40. The van der Waals surface area contributed by atoms with Crippen molar-refractivity contribution in [2.45, 2.75) is 62.9 Å². The minimum atomic E-state index is -3.73. The SMILES string of the molecule is CC(CC1CCCCC1)NCc1ccccc1NS(=O)(=O)c1ccc(-n2cccc2)nc1. The first-order chi connectivity index (χ1) is 15.5. The van der Waals surface area contributed by atoms with Gasteiger partial charge in [-0.05, 0) is 55.2 Å². The molecular formula is C25H32N4O2S. The van der Waals surface area contributed by atoms with Crippen molar-refractivity contribution in [2.75, 3.05) is 4.72 Å². The molecule has 2 aromatic heterocycles. The maximum absolute atomic E-state index is 13.0. The maximum Gasteiger partial charge on any atom is 0.263 e. The monoisotopic (exact) mass is 452 g/mol. The predicted molar refractivity (Wildman–Crippen MR) is 128 cm³/mol. The molecule has 1 fully saturated rings. The van der Waals surface area contributed by atoms with Gasteiger partial charge in [-0.2, -0.15) is 0 Å². The van der Waals surface area contributed by atoms with Crippen LogP contribution in [0.2, 0.25) is 0 Å². The molecule has 2 N–H and O–H groups in total. The summed E-state index contributed by atoms with van der Waals surface area (Å²) >= 11 is 0. The van der Waals surface area contributed by atoms with Crippen molar-refractivity contribution in [1.29, 1.82) is 0 Å². The molecule has 32 heavy (non-hydrogen) atoms. The summed E-state index contributed by atoms with van der Waals surface area (Å²) in [5.74, 6) is 1.48. The fraction of sp³-hybridized carbons (Fsp3) is 0.400. The number of nitrogens with zero attached hydrogens (tertiary/aromatic N) is 2. The van der Waals surface area contributed by atoms with Gasteiger partial charge in [-0.1, -0.05) is 50.3 Å². The third-order valence-corrected chi connectivity index (χ3v) is 7.57. The molecule has 0 bridgehead atoms. The molecule has 1 aliphatic rings. The molecule has 7 heteroatoms. The van der Waals surface area contributed by atoms with Crippen molar-refractivity contribution in [3.05, 3.63) is 72.7 Å². The normalized spacial score (nSPS) is 16.0. The van der Waals surface area contributed by atoms with E-state index in [1.165, 1.54) is 44.7 Å². The first-order valence-corrected chi connectivity index (χ1v) is 12.9. The van der Waals surface area contributed by atoms with Crippen LogP contribution in [0.3, 0.4) is 0 Å². The van der Waals surface area contributed by atoms with E-state index in [9.17, 15) is 8.42 Å². The van der Waals surface area contributed by atoms with Crippen molar-refractivity contribution in [3.8, 4) is 5.82 Å². The third-order valence-electron chi connectivity index (χ3n) is 6.21. The summed E-state index contributed by atoms with van der Waals surface area (Å²) in [4.78, 5) is 4.44. The first-order valence-electron chi connectivity index (χ1n) is 11.4. The fourth-order valence-electron chi connectivity index (χ4n) is 4.44. The van der Waals surface area contributed by atoms with E-state index >= 15 is 0 Å². The third kappa shape index (κ3) is 5.78. The minimum Gasteiger partial charge on any atom is -0.310 e. The second-order valence-electron chi connectivity index (χ2n) is 8.73. The van der Waals surface area contributed by atoms with Gasteiger partial charge in [0.1, 0.15) is 10.7 Å². The quantitative estimate of drug-likeness (QED) is 0.472. The number of benzene rings is 1. The molecule has 0 saturated heterocycles. The van der Waals surface area contributed by atoms with Gasteiger partial charge in [0.15, 0.2) is 0 Å². The number of para-hydroxylation sites is 1. The van der Waals surface area contributed by atoms with E-state index in [2.05, 4.69) is 21.9 Å². The van der Waals surface area contributed by atoms with E-state index in [1.54, 1.807) is 12.1 Å². The molecule has 0 spiro atoms. The van der Waals surface area contributed by atoms with Gasteiger partial charge in [-0.15, -0.1) is 0 Å². The summed E-state index contributed by atoms with van der Waals surface area (Å²) < 4.78 is 30.5. The molecule has 170 valence electrons. The zero-order valence-electron chi connectivity index (χ0n) is 18.6. The van der Waals surface area contributed by atoms with Crippen LogP contribution in [-0.4, -0.2) is 24.0 Å². The Hall–Kier alpha value is -2.64. The van der Waals surface area contributed by atoms with Gasteiger partial charge in [0.2, 0.25) is 0 Å². The highest BCUT2D eigenvalue weighted by molar-refractivity contribution is 7.92. The Morgan fingerprint density at radius 1 is 1.03 bits per heavy atom. The van der Waals surface area contributed by atoms with E-state index in [-0.39, 0.29) is 4.90 Å². The van der Waals surface area contributed by atoms with Crippen LogP contribution in [0.1, 0.15) is 51.0 Å². The largest absolute Gasteiger partial charge is 0.310 e. The number of aromatic nitrogens is 2. The number of anilines is 1. The van der Waals surface area contributed by atoms with Gasteiger partial charge in [-0.3, -0.25) is 4.72 Å². The number of sulfonamides is 1. The molecule has 3 aromatic rings. The molecule has 0 radical (unpaired) electrons. The molecule has 4 rings (SSSR count). The molecule has 0 amide bonds. The van der Waals surface area contributed by atoms with E-state index < -0.39 is 10.0 Å². The molecule has 1 aliphatic carbocycles. The van der Waals surface area contributed by atoms with Crippen molar-refractivity contribution in [3.63, 3.8) is 0 Å². The van der Waals surface area contributed by atoms with Gasteiger partial charge in [0.05, 0.1) is 5.69 Å². The van der Waals surface area contributed by atoms with Crippen LogP contribution in [0.15, 0.2) is 72.0 Å². The van der Waals surface area contributed by atoms with Crippen LogP contribution in [-0.2, 0) is 16.6 Å². The van der Waals surface area contributed by atoms with Gasteiger partial charge in [0.25, 0.3) is 10.0 Å². The highest BCUT2D eigenvalue weighted by Gasteiger charge is 2.18. The van der Waals surface area contributed by atoms with E-state index in [1.807, 2.05) is 53.4 Å². The Kier molecular flexibility index (Phi) is 7.27. The summed E-state index contributed by atoms with van der Waals surface area (Å²) in [6, 6.07) is 15.0. The lowest BCUT2D eigenvalue weighted by molar-refractivity contribution is 0.305. The molecule has 1 saturated carbocycles. The van der Waals surface area contributed by atoms with Crippen LogP contribution < -0.4 is 10.0 Å². The summed E-state index contributed by atoms with van der Waals surface area (Å²) in [6.07, 6.45) is 13.0. The minimum absolute atomic E-state index is 0.141. The van der Waals surface area contributed by atoms with Crippen LogP contribution in [0.25, 0.3) is 5.82 Å². The van der Waals surface area contributed by atoms with Crippen LogP contribution >= 0.6 is 0 Å². The zero-order chi connectivity index (χ0) is 22.4. The van der Waals surface area contributed by atoms with Crippen molar-refractivity contribution in [1.82, 2.24) is 14.9 Å². The maximum atomic E-state index is 13.0. The van der Waals surface area contributed by atoms with Crippen molar-refractivity contribution in [2.24, 2.45) is 5.92 Å². The Bertz CT molecular complexity index is 1090. The van der Waals surface area contributed by atoms with E-state index in [4.69, 9.17) is 0 Å². The molecular weight excluding hydrogens is 420 g/mol. The fourth-order valence-corrected chi connectivity index (χ4v) is 5.48. The highest BCUT2D eigenvalue weighted by atomic mass is 32.2. The predicted octanol–water partition coefficient (Wildman–Crippen LogP) is 5.12. The molecule has 1 atom stereocenters. The average Bonchev–Trinajstić information content (AvgIpc) is 3.34. The molecule has 1 aromatic carbocycles. The Morgan fingerprint density at radius 3 is 2.50 bits per heavy atom. The topological polar surface area (TPSA) is 76.0 Å². The molecule has 1 unspecified atom stereocenters. The number of hydrogen-bond donors (Lipinski definition) is 2. The van der Waals surface area contributed by atoms with E-state index in [0.717, 1.165) is 11.5 Å².